The van der Waals surface area contributed by atoms with Crippen LogP contribution in [0.5, 0.6) is 5.75 Å². The van der Waals surface area contributed by atoms with Crippen molar-refractivity contribution < 1.29 is 9.13 Å². The molecule has 0 bridgehead atoms. The van der Waals surface area contributed by atoms with Crippen LogP contribution in [0.15, 0.2) is 52.3 Å². The largest absolute Gasteiger partial charge is 0.497 e. The monoisotopic (exact) mass is 259 g/mol. The first-order chi connectivity index (χ1) is 8.74. The van der Waals surface area contributed by atoms with Crippen molar-refractivity contribution in [1.82, 2.24) is 0 Å². The van der Waals surface area contributed by atoms with Gasteiger partial charge in [0.15, 0.2) is 0 Å². The van der Waals surface area contributed by atoms with E-state index in [0.29, 0.717) is 4.90 Å². The van der Waals surface area contributed by atoms with Crippen molar-refractivity contribution in [3.05, 3.63) is 53.8 Å². The molecule has 0 atom stereocenters. The van der Waals surface area contributed by atoms with E-state index >= 15 is 0 Å². The van der Waals surface area contributed by atoms with Gasteiger partial charge >= 0.3 is 0 Å². The number of rotatable bonds is 3. The maximum Gasteiger partial charge on any atom is 0.142 e. The molecular formula is C14H10FNOS. The zero-order chi connectivity index (χ0) is 13.0. The number of halogens is 1. The lowest BCUT2D eigenvalue weighted by Gasteiger charge is -2.05. The number of ether oxygens (including phenoxy) is 1. The molecule has 0 aliphatic rings. The molecule has 2 rings (SSSR count). The second kappa shape index (κ2) is 5.56. The summed E-state index contributed by atoms with van der Waals surface area (Å²) < 4.78 is 18.5. The highest BCUT2D eigenvalue weighted by Gasteiger charge is 2.08. The van der Waals surface area contributed by atoms with Crippen molar-refractivity contribution in [2.45, 2.75) is 9.79 Å². The Morgan fingerprint density at radius 2 is 1.89 bits per heavy atom. The second-order valence-corrected chi connectivity index (χ2v) is 4.62. The summed E-state index contributed by atoms with van der Waals surface area (Å²) in [4.78, 5) is 1.54. The number of benzene rings is 2. The van der Waals surface area contributed by atoms with Gasteiger partial charge in [-0.3, -0.25) is 0 Å². The minimum Gasteiger partial charge on any atom is -0.497 e. The van der Waals surface area contributed by atoms with Crippen LogP contribution in [-0.4, -0.2) is 7.11 Å². The first-order valence-corrected chi connectivity index (χ1v) is 6.07. The van der Waals surface area contributed by atoms with Crippen LogP contribution in [0.25, 0.3) is 0 Å². The van der Waals surface area contributed by atoms with E-state index in [2.05, 4.69) is 0 Å². The van der Waals surface area contributed by atoms with Gasteiger partial charge in [-0.25, -0.2) is 4.39 Å². The molecule has 90 valence electrons. The van der Waals surface area contributed by atoms with Gasteiger partial charge in [-0.05, 0) is 36.4 Å². The normalized spacial score (nSPS) is 9.83. The third-order valence-corrected chi connectivity index (χ3v) is 3.44. The maximum atomic E-state index is 13.4. The van der Waals surface area contributed by atoms with Crippen LogP contribution < -0.4 is 4.74 Å². The predicted octanol–water partition coefficient (Wildman–Crippen LogP) is 3.86. The molecule has 4 heteroatoms. The summed E-state index contributed by atoms with van der Waals surface area (Å²) in [6.07, 6.45) is 0. The summed E-state index contributed by atoms with van der Waals surface area (Å²) in [6, 6.07) is 13.9. The summed E-state index contributed by atoms with van der Waals surface area (Å²) in [5, 5.41) is 8.94. The molecule has 0 amide bonds. The van der Waals surface area contributed by atoms with E-state index in [4.69, 9.17) is 10.00 Å². The fourth-order valence-electron chi connectivity index (χ4n) is 1.47. The van der Waals surface area contributed by atoms with Crippen LogP contribution in [0.4, 0.5) is 4.39 Å². The van der Waals surface area contributed by atoms with Crippen molar-refractivity contribution >= 4 is 11.8 Å². The van der Waals surface area contributed by atoms with E-state index in [-0.39, 0.29) is 5.56 Å². The molecule has 0 saturated heterocycles. The molecule has 0 unspecified atom stereocenters. The summed E-state index contributed by atoms with van der Waals surface area (Å²) in [5.41, 5.74) is 0.0818. The van der Waals surface area contributed by atoms with Gasteiger partial charge in [0.1, 0.15) is 23.2 Å². The van der Waals surface area contributed by atoms with E-state index in [1.807, 2.05) is 30.3 Å². The maximum absolute atomic E-state index is 13.4. The molecule has 0 heterocycles. The van der Waals surface area contributed by atoms with Gasteiger partial charge in [-0.2, -0.15) is 5.26 Å². The molecule has 0 N–H and O–H groups in total. The number of methoxy groups -OCH3 is 1. The van der Waals surface area contributed by atoms with Gasteiger partial charge in [0.25, 0.3) is 0 Å². The Hall–Kier alpha value is -1.99. The van der Waals surface area contributed by atoms with Crippen molar-refractivity contribution in [2.75, 3.05) is 7.11 Å². The highest BCUT2D eigenvalue weighted by molar-refractivity contribution is 7.99. The molecule has 2 aromatic carbocycles. The lowest BCUT2D eigenvalue weighted by Crippen LogP contribution is -1.87. The van der Waals surface area contributed by atoms with E-state index in [1.165, 1.54) is 17.8 Å². The average Bonchev–Trinajstić information content (AvgIpc) is 2.40. The quantitative estimate of drug-likeness (QED) is 0.839. The third kappa shape index (κ3) is 2.63. The van der Waals surface area contributed by atoms with Gasteiger partial charge < -0.3 is 4.74 Å². The second-order valence-electron chi connectivity index (χ2n) is 3.50. The molecule has 2 nitrogen and oxygen atoms in total. The Kier molecular flexibility index (Phi) is 3.85. The molecule has 0 spiro atoms. The molecule has 0 fully saturated rings. The highest BCUT2D eigenvalue weighted by Crippen LogP contribution is 2.32. The lowest BCUT2D eigenvalue weighted by atomic mass is 10.2. The van der Waals surface area contributed by atoms with Crippen LogP contribution in [0, 0.1) is 17.1 Å². The topological polar surface area (TPSA) is 33.0 Å². The van der Waals surface area contributed by atoms with E-state index in [0.717, 1.165) is 10.6 Å². The van der Waals surface area contributed by atoms with Crippen molar-refractivity contribution in [2.24, 2.45) is 0 Å². The first-order valence-electron chi connectivity index (χ1n) is 5.25. The fraction of sp³-hybridized carbons (Fsp3) is 0.0714. The highest BCUT2D eigenvalue weighted by atomic mass is 32.2. The molecule has 18 heavy (non-hydrogen) atoms. The Labute approximate surface area is 109 Å². The zero-order valence-corrected chi connectivity index (χ0v) is 10.5. The fourth-order valence-corrected chi connectivity index (χ4v) is 2.39. The van der Waals surface area contributed by atoms with Crippen LogP contribution >= 0.6 is 11.8 Å². The summed E-state index contributed by atoms with van der Waals surface area (Å²) in [7, 11) is 1.60. The Morgan fingerprint density at radius 1 is 1.17 bits per heavy atom. The van der Waals surface area contributed by atoms with Crippen molar-refractivity contribution in [1.29, 1.82) is 5.26 Å². The molecule has 0 aliphatic heterocycles. The third-order valence-electron chi connectivity index (χ3n) is 2.37. The van der Waals surface area contributed by atoms with Gasteiger partial charge in [-0.1, -0.05) is 17.8 Å². The molecule has 2 aromatic rings. The summed E-state index contributed by atoms with van der Waals surface area (Å²) in [5.74, 6) is 0.273. The molecule has 0 radical (unpaired) electrons. The minimum absolute atomic E-state index is 0.0818. The number of hydrogen-bond acceptors (Lipinski definition) is 3. The summed E-state index contributed by atoms with van der Waals surface area (Å²) in [6.45, 7) is 0. The van der Waals surface area contributed by atoms with Crippen molar-refractivity contribution in [3.8, 4) is 11.8 Å². The van der Waals surface area contributed by atoms with Crippen molar-refractivity contribution in [3.63, 3.8) is 0 Å². The predicted molar refractivity (Wildman–Crippen MR) is 68.2 cm³/mol. The number of nitrogens with zero attached hydrogens (tertiary/aromatic N) is 1. The van der Waals surface area contributed by atoms with E-state index in [9.17, 15) is 4.39 Å². The lowest BCUT2D eigenvalue weighted by molar-refractivity contribution is 0.414. The van der Waals surface area contributed by atoms with Crippen LogP contribution in [0.3, 0.4) is 0 Å². The van der Waals surface area contributed by atoms with Gasteiger partial charge in [0.05, 0.1) is 7.11 Å². The van der Waals surface area contributed by atoms with Crippen LogP contribution in [0.1, 0.15) is 5.56 Å². The molecule has 0 saturated carbocycles. The van der Waals surface area contributed by atoms with Gasteiger partial charge in [0.2, 0.25) is 0 Å². The van der Waals surface area contributed by atoms with E-state index < -0.39 is 5.82 Å². The first kappa shape index (κ1) is 12.5. The van der Waals surface area contributed by atoms with Gasteiger partial charge in [0, 0.05) is 9.79 Å². The van der Waals surface area contributed by atoms with Crippen LogP contribution in [-0.2, 0) is 0 Å². The average molecular weight is 259 g/mol. The zero-order valence-electron chi connectivity index (χ0n) is 9.68. The standard InChI is InChI=1S/C14H10FNOS/c1-17-10-5-7-11(8-6-10)18-14-4-2-3-13(15)12(14)9-16/h2-8H,1H3. The molecule has 0 aliphatic carbocycles. The van der Waals surface area contributed by atoms with Gasteiger partial charge in [-0.15, -0.1) is 0 Å². The smallest absolute Gasteiger partial charge is 0.142 e. The van der Waals surface area contributed by atoms with E-state index in [1.54, 1.807) is 19.2 Å². The van der Waals surface area contributed by atoms with Crippen LogP contribution in [0.2, 0.25) is 0 Å². The Bertz CT molecular complexity index is 590. The Balaban J connectivity index is 2.28. The SMILES string of the molecule is COc1ccc(Sc2cccc(F)c2C#N)cc1. The molecular weight excluding hydrogens is 249 g/mol. The number of nitriles is 1. The Morgan fingerprint density at radius 3 is 2.50 bits per heavy atom. The summed E-state index contributed by atoms with van der Waals surface area (Å²) >= 11 is 1.35. The number of hydrogen-bond donors (Lipinski definition) is 0. The molecule has 0 aromatic heterocycles. The minimum atomic E-state index is -0.490.